The van der Waals surface area contributed by atoms with E-state index in [2.05, 4.69) is 85.6 Å². The van der Waals surface area contributed by atoms with Crippen molar-refractivity contribution in [3.63, 3.8) is 0 Å². The molecule has 0 saturated carbocycles. The average Bonchev–Trinajstić information content (AvgIpc) is 3.35. The van der Waals surface area contributed by atoms with Crippen LogP contribution in [0.5, 0.6) is 11.5 Å². The standard InChI is InChI=1S/C40H38N2O3/c1-4-5-6-12-23-42(30-19-17-27(2)18-20-30)31-21-22-34-38(25-31)44-37-24-28(3)36(41-29-13-8-7-9-14-29)26-35(37)40(34)33-16-11-10-15-32(33)39(43)45-40/h7-11,13-22,24-26,41H,4-6,12,23H2,1-3H3. The molecule has 5 aromatic carbocycles. The quantitative estimate of drug-likeness (QED) is 0.136. The van der Waals surface area contributed by atoms with Gasteiger partial charge in [-0.15, -0.1) is 0 Å². The molecule has 0 aliphatic carbocycles. The number of para-hydroxylation sites is 1. The minimum absolute atomic E-state index is 0.330. The summed E-state index contributed by atoms with van der Waals surface area (Å²) in [7, 11) is 0. The summed E-state index contributed by atoms with van der Waals surface area (Å²) in [6.07, 6.45) is 4.69. The largest absolute Gasteiger partial charge is 0.456 e. The van der Waals surface area contributed by atoms with Crippen LogP contribution in [-0.2, 0) is 10.3 Å². The average molecular weight is 595 g/mol. The molecular formula is C40H38N2O3. The number of aryl methyl sites for hydroxylation is 2. The molecule has 0 radical (unpaired) electrons. The van der Waals surface area contributed by atoms with Gasteiger partial charge in [0.15, 0.2) is 5.60 Å². The summed E-state index contributed by atoms with van der Waals surface area (Å²) in [5.41, 5.74) is 8.27. The number of benzene rings is 5. The van der Waals surface area contributed by atoms with Crippen LogP contribution in [0.2, 0.25) is 0 Å². The minimum Gasteiger partial charge on any atom is -0.456 e. The number of hydrogen-bond donors (Lipinski definition) is 1. The smallest absolute Gasteiger partial charge is 0.340 e. The van der Waals surface area contributed by atoms with Crippen LogP contribution in [0.1, 0.15) is 70.8 Å². The molecule has 1 spiro atoms. The summed E-state index contributed by atoms with van der Waals surface area (Å²) in [6.45, 7) is 7.32. The molecular weight excluding hydrogens is 556 g/mol. The van der Waals surface area contributed by atoms with Crippen LogP contribution in [0.15, 0.2) is 109 Å². The molecule has 2 heterocycles. The number of anilines is 4. The van der Waals surface area contributed by atoms with E-state index in [9.17, 15) is 4.79 Å². The van der Waals surface area contributed by atoms with Crippen molar-refractivity contribution in [1.29, 1.82) is 0 Å². The highest BCUT2D eigenvalue weighted by molar-refractivity contribution is 5.97. The van der Waals surface area contributed by atoms with Gasteiger partial charge in [0, 0.05) is 52.1 Å². The van der Waals surface area contributed by atoms with E-state index >= 15 is 0 Å². The van der Waals surface area contributed by atoms with Crippen molar-refractivity contribution in [1.82, 2.24) is 0 Å². The monoisotopic (exact) mass is 594 g/mol. The summed E-state index contributed by atoms with van der Waals surface area (Å²) in [6, 6.07) is 37.0. The molecule has 1 atom stereocenters. The highest BCUT2D eigenvalue weighted by Crippen LogP contribution is 2.57. The molecule has 1 unspecified atom stereocenters. The normalized spacial score (nSPS) is 15.9. The fourth-order valence-corrected chi connectivity index (χ4v) is 6.62. The Morgan fingerprint density at radius 2 is 1.44 bits per heavy atom. The molecule has 0 aromatic heterocycles. The van der Waals surface area contributed by atoms with Crippen LogP contribution in [0, 0.1) is 13.8 Å². The molecule has 7 rings (SSSR count). The van der Waals surface area contributed by atoms with E-state index in [0.717, 1.165) is 58.0 Å². The first-order chi connectivity index (χ1) is 22.0. The first kappa shape index (κ1) is 28.7. The van der Waals surface area contributed by atoms with Gasteiger partial charge in [-0.2, -0.15) is 0 Å². The third-order valence-corrected chi connectivity index (χ3v) is 8.99. The fraction of sp³-hybridized carbons (Fsp3) is 0.225. The summed E-state index contributed by atoms with van der Waals surface area (Å²) in [5.74, 6) is 1.05. The lowest BCUT2D eigenvalue weighted by molar-refractivity contribution is 0.0224. The SMILES string of the molecule is CCCCCCN(c1ccc(C)cc1)c1ccc2c(c1)Oc1cc(C)c(Nc3ccccc3)cc1C21OC(=O)c2ccccc21. The molecule has 0 bridgehead atoms. The predicted molar refractivity (Wildman–Crippen MR) is 181 cm³/mol. The van der Waals surface area contributed by atoms with Crippen molar-refractivity contribution in [2.45, 2.75) is 52.1 Å². The Balaban J connectivity index is 1.37. The molecule has 5 aromatic rings. The summed E-state index contributed by atoms with van der Waals surface area (Å²) < 4.78 is 13.2. The Labute approximate surface area is 265 Å². The topological polar surface area (TPSA) is 50.8 Å². The zero-order valence-corrected chi connectivity index (χ0v) is 26.1. The molecule has 0 amide bonds. The Morgan fingerprint density at radius 3 is 2.24 bits per heavy atom. The lowest BCUT2D eigenvalue weighted by Gasteiger charge is -2.38. The van der Waals surface area contributed by atoms with Gasteiger partial charge in [0.1, 0.15) is 11.5 Å². The van der Waals surface area contributed by atoms with Crippen LogP contribution in [0.3, 0.4) is 0 Å². The van der Waals surface area contributed by atoms with Gasteiger partial charge in [-0.3, -0.25) is 0 Å². The minimum atomic E-state index is -1.13. The van der Waals surface area contributed by atoms with Crippen LogP contribution in [-0.4, -0.2) is 12.5 Å². The first-order valence-corrected chi connectivity index (χ1v) is 15.9. The Morgan fingerprint density at radius 1 is 0.711 bits per heavy atom. The van der Waals surface area contributed by atoms with E-state index < -0.39 is 5.60 Å². The molecule has 0 saturated heterocycles. The molecule has 2 aliphatic rings. The van der Waals surface area contributed by atoms with Crippen LogP contribution >= 0.6 is 0 Å². The maximum atomic E-state index is 13.5. The van der Waals surface area contributed by atoms with E-state index in [1.165, 1.54) is 24.8 Å². The second kappa shape index (κ2) is 11.8. The van der Waals surface area contributed by atoms with Crippen molar-refractivity contribution in [2.75, 3.05) is 16.8 Å². The van der Waals surface area contributed by atoms with E-state index in [1.807, 2.05) is 54.6 Å². The number of unbranched alkanes of at least 4 members (excludes halogenated alkanes) is 3. The third kappa shape index (κ3) is 5.12. The fourth-order valence-electron chi connectivity index (χ4n) is 6.62. The van der Waals surface area contributed by atoms with Gasteiger partial charge in [-0.25, -0.2) is 4.79 Å². The number of ether oxygens (including phenoxy) is 2. The lowest BCUT2D eigenvalue weighted by Crippen LogP contribution is -2.33. The zero-order valence-electron chi connectivity index (χ0n) is 26.1. The van der Waals surface area contributed by atoms with Crippen molar-refractivity contribution in [2.24, 2.45) is 0 Å². The first-order valence-electron chi connectivity index (χ1n) is 15.9. The van der Waals surface area contributed by atoms with E-state index in [1.54, 1.807) is 0 Å². The van der Waals surface area contributed by atoms with Gasteiger partial charge >= 0.3 is 5.97 Å². The molecule has 226 valence electrons. The number of carbonyl (C=O) groups is 1. The summed E-state index contributed by atoms with van der Waals surface area (Å²) in [4.78, 5) is 15.8. The second-order valence-corrected chi connectivity index (χ2v) is 12.1. The number of hydrogen-bond acceptors (Lipinski definition) is 5. The molecule has 0 fully saturated rings. The highest BCUT2D eigenvalue weighted by atomic mass is 16.6. The van der Waals surface area contributed by atoms with Gasteiger partial charge < -0.3 is 19.7 Å². The van der Waals surface area contributed by atoms with Crippen molar-refractivity contribution in [3.05, 3.63) is 143 Å². The molecule has 2 aliphatic heterocycles. The second-order valence-electron chi connectivity index (χ2n) is 12.1. The molecule has 45 heavy (non-hydrogen) atoms. The van der Waals surface area contributed by atoms with Gasteiger partial charge in [0.25, 0.3) is 0 Å². The molecule has 5 nitrogen and oxygen atoms in total. The van der Waals surface area contributed by atoms with Crippen LogP contribution < -0.4 is 15.0 Å². The van der Waals surface area contributed by atoms with E-state index in [0.29, 0.717) is 17.1 Å². The maximum Gasteiger partial charge on any atom is 0.340 e. The van der Waals surface area contributed by atoms with Crippen LogP contribution in [0.25, 0.3) is 0 Å². The number of nitrogens with one attached hydrogen (secondary N) is 1. The Bertz CT molecular complexity index is 1870. The Kier molecular flexibility index (Phi) is 7.54. The van der Waals surface area contributed by atoms with Crippen LogP contribution in [0.4, 0.5) is 22.7 Å². The zero-order chi connectivity index (χ0) is 31.0. The Hall–Kier alpha value is -5.03. The maximum absolute atomic E-state index is 13.5. The van der Waals surface area contributed by atoms with E-state index in [-0.39, 0.29) is 5.97 Å². The van der Waals surface area contributed by atoms with Crippen molar-refractivity contribution < 1.29 is 14.3 Å². The summed E-state index contributed by atoms with van der Waals surface area (Å²) >= 11 is 0. The third-order valence-electron chi connectivity index (χ3n) is 8.99. The van der Waals surface area contributed by atoms with Gasteiger partial charge in [-0.05, 0) is 80.4 Å². The van der Waals surface area contributed by atoms with Gasteiger partial charge in [-0.1, -0.05) is 80.3 Å². The van der Waals surface area contributed by atoms with Crippen molar-refractivity contribution >= 4 is 28.7 Å². The predicted octanol–water partition coefficient (Wildman–Crippen LogP) is 10.3. The number of rotatable bonds is 9. The van der Waals surface area contributed by atoms with Gasteiger partial charge in [0.2, 0.25) is 0 Å². The number of esters is 1. The summed E-state index contributed by atoms with van der Waals surface area (Å²) in [5, 5.41) is 3.56. The molecule has 5 heteroatoms. The molecule has 1 N–H and O–H groups in total. The van der Waals surface area contributed by atoms with Crippen molar-refractivity contribution in [3.8, 4) is 11.5 Å². The number of nitrogens with zero attached hydrogens (tertiary/aromatic N) is 1. The van der Waals surface area contributed by atoms with Gasteiger partial charge in [0.05, 0.1) is 5.56 Å². The highest BCUT2D eigenvalue weighted by Gasteiger charge is 2.53. The lowest BCUT2D eigenvalue weighted by atomic mass is 9.77. The number of fused-ring (bicyclic) bond motifs is 6. The van der Waals surface area contributed by atoms with E-state index in [4.69, 9.17) is 9.47 Å². The number of carbonyl (C=O) groups excluding carboxylic acids is 1.